The first-order valence-corrected chi connectivity index (χ1v) is 4.19. The lowest BCUT2D eigenvalue weighted by atomic mass is 10.1. The maximum Gasteiger partial charge on any atom is 0.274 e. The molecule has 1 N–H and O–H groups in total. The first-order chi connectivity index (χ1) is 6.57. The van der Waals surface area contributed by atoms with E-state index in [1.807, 2.05) is 0 Å². The van der Waals surface area contributed by atoms with Crippen molar-refractivity contribution in [3.05, 3.63) is 29.8 Å². The number of methoxy groups -OCH3 is 1. The molecule has 1 rings (SSSR count). The molecule has 0 radical (unpaired) electrons. The highest BCUT2D eigenvalue weighted by atomic mass is 19.3. The van der Waals surface area contributed by atoms with Gasteiger partial charge >= 0.3 is 0 Å². The van der Waals surface area contributed by atoms with Crippen molar-refractivity contribution in [1.82, 2.24) is 0 Å². The summed E-state index contributed by atoms with van der Waals surface area (Å²) in [6.45, 7) is -1.13. The monoisotopic (exact) mass is 202 g/mol. The third-order valence-corrected chi connectivity index (χ3v) is 1.85. The molecule has 0 aromatic heterocycles. The second-order valence-electron chi connectivity index (χ2n) is 3.04. The van der Waals surface area contributed by atoms with Gasteiger partial charge in [-0.15, -0.1) is 0 Å². The van der Waals surface area contributed by atoms with Crippen molar-refractivity contribution >= 4 is 0 Å². The highest BCUT2D eigenvalue weighted by Gasteiger charge is 2.27. The number of hydrogen-bond acceptors (Lipinski definition) is 2. The molecule has 4 heteroatoms. The maximum atomic E-state index is 12.7. The van der Waals surface area contributed by atoms with Crippen molar-refractivity contribution in [3.8, 4) is 5.75 Å². The van der Waals surface area contributed by atoms with Gasteiger partial charge in [-0.25, -0.2) is 8.78 Å². The van der Waals surface area contributed by atoms with Crippen LogP contribution in [-0.2, 0) is 6.42 Å². The molecule has 0 spiro atoms. The standard InChI is InChI=1S/C10H12F2O2/c1-14-9-4-2-8(3-5-9)6-10(11,12)7-13/h2-5,13H,6-7H2,1H3. The molecule has 2 nitrogen and oxygen atoms in total. The van der Waals surface area contributed by atoms with Gasteiger partial charge in [0.05, 0.1) is 7.11 Å². The van der Waals surface area contributed by atoms with Crippen LogP contribution in [0, 0.1) is 0 Å². The van der Waals surface area contributed by atoms with E-state index < -0.39 is 19.0 Å². The van der Waals surface area contributed by atoms with Crippen LogP contribution in [-0.4, -0.2) is 24.7 Å². The average Bonchev–Trinajstić information content (AvgIpc) is 2.19. The number of ether oxygens (including phenoxy) is 1. The highest BCUT2D eigenvalue weighted by molar-refractivity contribution is 5.27. The molecular formula is C10H12F2O2. The van der Waals surface area contributed by atoms with Gasteiger partial charge in [0.25, 0.3) is 5.92 Å². The molecule has 1 aromatic carbocycles. The van der Waals surface area contributed by atoms with Crippen molar-refractivity contribution in [2.45, 2.75) is 12.3 Å². The summed E-state index contributed by atoms with van der Waals surface area (Å²) in [7, 11) is 1.51. The van der Waals surface area contributed by atoms with Crippen LogP contribution < -0.4 is 4.74 Å². The van der Waals surface area contributed by atoms with Gasteiger partial charge in [0, 0.05) is 6.42 Å². The summed E-state index contributed by atoms with van der Waals surface area (Å²) in [5.74, 6) is -2.42. The van der Waals surface area contributed by atoms with Gasteiger partial charge in [0.2, 0.25) is 0 Å². The third kappa shape index (κ3) is 2.96. The molecule has 1 aromatic rings. The Bertz CT molecular complexity index is 283. The Morgan fingerprint density at radius 1 is 1.29 bits per heavy atom. The Kier molecular flexibility index (Phi) is 3.41. The minimum atomic E-state index is -3.05. The van der Waals surface area contributed by atoms with Gasteiger partial charge in [-0.05, 0) is 17.7 Å². The zero-order valence-corrected chi connectivity index (χ0v) is 7.84. The van der Waals surface area contributed by atoms with Crippen LogP contribution in [0.25, 0.3) is 0 Å². The number of benzene rings is 1. The van der Waals surface area contributed by atoms with Crippen molar-refractivity contribution in [1.29, 1.82) is 0 Å². The van der Waals surface area contributed by atoms with Gasteiger partial charge in [-0.1, -0.05) is 12.1 Å². The van der Waals surface area contributed by atoms with E-state index in [4.69, 9.17) is 9.84 Å². The minimum absolute atomic E-state index is 0.451. The molecule has 78 valence electrons. The molecule has 0 amide bonds. The number of hydrogen-bond donors (Lipinski definition) is 1. The normalized spacial score (nSPS) is 11.4. The first kappa shape index (κ1) is 10.9. The fourth-order valence-electron chi connectivity index (χ4n) is 1.10. The Hall–Kier alpha value is -1.16. The highest BCUT2D eigenvalue weighted by Crippen LogP contribution is 2.20. The van der Waals surface area contributed by atoms with Gasteiger partial charge in [-0.2, -0.15) is 0 Å². The Morgan fingerprint density at radius 2 is 1.86 bits per heavy atom. The van der Waals surface area contributed by atoms with Crippen LogP contribution in [0.15, 0.2) is 24.3 Å². The van der Waals surface area contributed by atoms with Crippen molar-refractivity contribution in [2.24, 2.45) is 0 Å². The van der Waals surface area contributed by atoms with E-state index in [-0.39, 0.29) is 0 Å². The van der Waals surface area contributed by atoms with Crippen molar-refractivity contribution < 1.29 is 18.6 Å². The van der Waals surface area contributed by atoms with Crippen LogP contribution in [0.1, 0.15) is 5.56 Å². The predicted octanol–water partition coefficient (Wildman–Crippen LogP) is 1.87. The summed E-state index contributed by atoms with van der Waals surface area (Å²) in [6.07, 6.45) is -0.451. The number of rotatable bonds is 4. The maximum absolute atomic E-state index is 12.7. The summed E-state index contributed by atoms with van der Waals surface area (Å²) in [4.78, 5) is 0. The van der Waals surface area contributed by atoms with Crippen LogP contribution in [0.3, 0.4) is 0 Å². The summed E-state index contributed by atoms with van der Waals surface area (Å²) < 4.78 is 30.4. The predicted molar refractivity (Wildman–Crippen MR) is 48.7 cm³/mol. The lowest BCUT2D eigenvalue weighted by Crippen LogP contribution is -2.24. The second kappa shape index (κ2) is 4.37. The number of alkyl halides is 2. The molecule has 0 heterocycles. The van der Waals surface area contributed by atoms with E-state index in [0.717, 1.165) is 0 Å². The molecule has 0 atom stereocenters. The van der Waals surface area contributed by atoms with Crippen molar-refractivity contribution in [2.75, 3.05) is 13.7 Å². The summed E-state index contributed by atoms with van der Waals surface area (Å²) in [5.41, 5.74) is 0.477. The Balaban J connectivity index is 2.69. The van der Waals surface area contributed by atoms with E-state index in [1.165, 1.54) is 7.11 Å². The van der Waals surface area contributed by atoms with Gasteiger partial charge < -0.3 is 9.84 Å². The quantitative estimate of drug-likeness (QED) is 0.807. The fraction of sp³-hybridized carbons (Fsp3) is 0.400. The van der Waals surface area contributed by atoms with E-state index in [9.17, 15) is 8.78 Å². The molecule has 0 saturated heterocycles. The minimum Gasteiger partial charge on any atom is -0.497 e. The van der Waals surface area contributed by atoms with Gasteiger partial charge in [-0.3, -0.25) is 0 Å². The zero-order chi connectivity index (χ0) is 10.6. The average molecular weight is 202 g/mol. The molecule has 0 aliphatic heterocycles. The number of aliphatic hydroxyl groups is 1. The smallest absolute Gasteiger partial charge is 0.274 e. The Labute approximate surface area is 81.1 Å². The lowest BCUT2D eigenvalue weighted by molar-refractivity contribution is -0.0488. The molecule has 0 unspecified atom stereocenters. The van der Waals surface area contributed by atoms with Crippen LogP contribution in [0.4, 0.5) is 8.78 Å². The SMILES string of the molecule is COc1ccc(CC(F)(F)CO)cc1. The zero-order valence-electron chi connectivity index (χ0n) is 7.84. The summed E-state index contributed by atoms with van der Waals surface area (Å²) in [6, 6.07) is 6.34. The fourth-order valence-corrected chi connectivity index (χ4v) is 1.10. The summed E-state index contributed by atoms with van der Waals surface area (Å²) in [5, 5.41) is 8.38. The molecular weight excluding hydrogens is 190 g/mol. The molecule has 0 aliphatic rings. The molecule has 0 fully saturated rings. The van der Waals surface area contributed by atoms with Crippen LogP contribution in [0.5, 0.6) is 5.75 Å². The van der Waals surface area contributed by atoms with E-state index >= 15 is 0 Å². The van der Waals surface area contributed by atoms with Crippen molar-refractivity contribution in [3.63, 3.8) is 0 Å². The van der Waals surface area contributed by atoms with Crippen LogP contribution in [0.2, 0.25) is 0 Å². The lowest BCUT2D eigenvalue weighted by Gasteiger charge is -2.12. The molecule has 0 aliphatic carbocycles. The van der Waals surface area contributed by atoms with E-state index in [2.05, 4.69) is 0 Å². The van der Waals surface area contributed by atoms with E-state index in [0.29, 0.717) is 11.3 Å². The van der Waals surface area contributed by atoms with Gasteiger partial charge in [0.15, 0.2) is 0 Å². The third-order valence-electron chi connectivity index (χ3n) is 1.85. The summed E-state index contributed by atoms with van der Waals surface area (Å²) >= 11 is 0. The number of halogens is 2. The second-order valence-corrected chi connectivity index (χ2v) is 3.04. The Morgan fingerprint density at radius 3 is 2.29 bits per heavy atom. The molecule has 14 heavy (non-hydrogen) atoms. The van der Waals surface area contributed by atoms with Crippen LogP contribution >= 0.6 is 0 Å². The van der Waals surface area contributed by atoms with Gasteiger partial charge in [0.1, 0.15) is 12.4 Å². The largest absolute Gasteiger partial charge is 0.497 e. The topological polar surface area (TPSA) is 29.5 Å². The van der Waals surface area contributed by atoms with E-state index in [1.54, 1.807) is 24.3 Å². The number of aliphatic hydroxyl groups excluding tert-OH is 1. The molecule has 0 bridgehead atoms. The molecule has 0 saturated carbocycles. The first-order valence-electron chi connectivity index (χ1n) is 4.19.